The van der Waals surface area contributed by atoms with Gasteiger partial charge in [0.15, 0.2) is 12.2 Å². The molecule has 0 aromatic carbocycles. The van der Waals surface area contributed by atoms with Crippen molar-refractivity contribution in [2.24, 2.45) is 17.8 Å². The summed E-state index contributed by atoms with van der Waals surface area (Å²) < 4.78 is 68.6. The molecule has 0 radical (unpaired) electrons. The molecule has 0 fully saturated rings. The van der Waals surface area contributed by atoms with E-state index in [0.717, 1.165) is 108 Å². The minimum atomic E-state index is -4.96. The van der Waals surface area contributed by atoms with Gasteiger partial charge in [-0.1, -0.05) is 350 Å². The molecular formula is C78H152O17P2. The predicted octanol–water partition coefficient (Wildman–Crippen LogP) is 23.0. The fourth-order valence-corrected chi connectivity index (χ4v) is 13.5. The SMILES string of the molecule is CCCCCCCCCCCCCCCC(=O)O[C@H](COC(=O)CCCCCCCCCCCC(C)C)COP(=O)(O)OC[C@H](O)COP(=O)(O)OC[C@@H](COC(=O)CCCCCCCCCCCCCCC(C)C)OC(=O)CCCCCCCCCCCCCCCCC(C)C. The summed E-state index contributed by atoms with van der Waals surface area (Å²) >= 11 is 0. The molecule has 0 aliphatic rings. The van der Waals surface area contributed by atoms with Crippen LogP contribution in [0.1, 0.15) is 402 Å². The van der Waals surface area contributed by atoms with Gasteiger partial charge in [0, 0.05) is 25.7 Å². The molecule has 0 aliphatic heterocycles. The monoisotopic (exact) mass is 1420 g/mol. The highest BCUT2D eigenvalue weighted by molar-refractivity contribution is 7.47. The van der Waals surface area contributed by atoms with Crippen molar-refractivity contribution in [1.82, 2.24) is 0 Å². The van der Waals surface area contributed by atoms with E-state index in [1.54, 1.807) is 0 Å². The number of unbranched alkanes of at least 4 members (excludes halogenated alkanes) is 44. The van der Waals surface area contributed by atoms with Crippen molar-refractivity contribution in [2.75, 3.05) is 39.6 Å². The lowest BCUT2D eigenvalue weighted by molar-refractivity contribution is -0.161. The summed E-state index contributed by atoms with van der Waals surface area (Å²) in [6, 6.07) is 0. The molecule has 19 heteroatoms. The van der Waals surface area contributed by atoms with Crippen LogP contribution in [0.15, 0.2) is 0 Å². The zero-order valence-corrected chi connectivity index (χ0v) is 65.3. The first-order valence-corrected chi connectivity index (χ1v) is 43.3. The van der Waals surface area contributed by atoms with Gasteiger partial charge in [-0.2, -0.15) is 0 Å². The molecule has 0 saturated heterocycles. The fourth-order valence-electron chi connectivity index (χ4n) is 12.0. The van der Waals surface area contributed by atoms with E-state index >= 15 is 0 Å². The molecule has 0 bridgehead atoms. The fraction of sp³-hybridized carbons (Fsp3) is 0.949. The van der Waals surface area contributed by atoms with Crippen molar-refractivity contribution in [3.63, 3.8) is 0 Å². The summed E-state index contributed by atoms with van der Waals surface area (Å²) in [6.45, 7) is 11.9. The second kappa shape index (κ2) is 68.5. The molecule has 97 heavy (non-hydrogen) atoms. The van der Waals surface area contributed by atoms with E-state index < -0.39 is 97.5 Å². The lowest BCUT2D eigenvalue weighted by Gasteiger charge is -2.21. The topological polar surface area (TPSA) is 237 Å². The maximum atomic E-state index is 13.1. The Morgan fingerprint density at radius 2 is 0.474 bits per heavy atom. The van der Waals surface area contributed by atoms with E-state index in [4.69, 9.17) is 37.0 Å². The first kappa shape index (κ1) is 95.1. The minimum absolute atomic E-state index is 0.107. The number of aliphatic hydroxyl groups is 1. The van der Waals surface area contributed by atoms with Gasteiger partial charge in [0.1, 0.15) is 19.3 Å². The molecule has 3 N–H and O–H groups in total. The lowest BCUT2D eigenvalue weighted by Crippen LogP contribution is -2.30. The van der Waals surface area contributed by atoms with Gasteiger partial charge in [-0.15, -0.1) is 0 Å². The summed E-state index contributed by atoms with van der Waals surface area (Å²) in [5, 5.41) is 10.6. The zero-order valence-electron chi connectivity index (χ0n) is 63.5. The number of esters is 4. The normalized spacial score (nSPS) is 14.0. The van der Waals surface area contributed by atoms with Crippen LogP contribution in [0.25, 0.3) is 0 Å². The largest absolute Gasteiger partial charge is 0.472 e. The molecule has 2 unspecified atom stereocenters. The van der Waals surface area contributed by atoms with Crippen molar-refractivity contribution in [1.29, 1.82) is 0 Å². The molecule has 0 heterocycles. The lowest BCUT2D eigenvalue weighted by atomic mass is 10.0. The number of hydrogen-bond donors (Lipinski definition) is 3. The molecule has 0 spiro atoms. The van der Waals surface area contributed by atoms with Gasteiger partial charge < -0.3 is 33.8 Å². The Balaban J connectivity index is 5.27. The maximum absolute atomic E-state index is 13.1. The Labute approximate surface area is 594 Å². The average Bonchev–Trinajstić information content (AvgIpc) is 1.52. The summed E-state index contributed by atoms with van der Waals surface area (Å²) in [6.07, 6.45) is 55.3. The number of carbonyl (C=O) groups is 4. The van der Waals surface area contributed by atoms with Gasteiger partial charge in [-0.25, -0.2) is 9.13 Å². The Hall–Kier alpha value is -1.94. The van der Waals surface area contributed by atoms with Crippen LogP contribution < -0.4 is 0 Å². The second-order valence-electron chi connectivity index (χ2n) is 29.5. The van der Waals surface area contributed by atoms with Gasteiger partial charge in [0.25, 0.3) is 0 Å². The minimum Gasteiger partial charge on any atom is -0.462 e. The number of ether oxygens (including phenoxy) is 4. The van der Waals surface area contributed by atoms with Crippen LogP contribution in [0.5, 0.6) is 0 Å². The first-order chi connectivity index (χ1) is 46.7. The Bertz CT molecular complexity index is 1890. The summed E-state index contributed by atoms with van der Waals surface area (Å²) in [7, 11) is -9.92. The molecule has 0 amide bonds. The van der Waals surface area contributed by atoms with Crippen molar-refractivity contribution < 1.29 is 80.2 Å². The van der Waals surface area contributed by atoms with Gasteiger partial charge in [-0.3, -0.25) is 37.3 Å². The molecule has 0 aromatic heterocycles. The number of aliphatic hydroxyl groups excluding tert-OH is 1. The third kappa shape index (κ3) is 72.2. The van der Waals surface area contributed by atoms with E-state index in [0.29, 0.717) is 25.7 Å². The summed E-state index contributed by atoms with van der Waals surface area (Å²) in [5.41, 5.74) is 0. The van der Waals surface area contributed by atoms with E-state index in [9.17, 15) is 43.2 Å². The summed E-state index contributed by atoms with van der Waals surface area (Å²) in [4.78, 5) is 72.9. The van der Waals surface area contributed by atoms with E-state index in [1.165, 1.54) is 212 Å². The molecule has 0 rings (SSSR count). The maximum Gasteiger partial charge on any atom is 0.472 e. The third-order valence-corrected chi connectivity index (χ3v) is 20.0. The van der Waals surface area contributed by atoms with Crippen LogP contribution in [0.2, 0.25) is 0 Å². The molecule has 5 atom stereocenters. The van der Waals surface area contributed by atoms with Gasteiger partial charge in [0.05, 0.1) is 26.4 Å². The molecule has 17 nitrogen and oxygen atoms in total. The first-order valence-electron chi connectivity index (χ1n) is 40.3. The highest BCUT2D eigenvalue weighted by Gasteiger charge is 2.30. The van der Waals surface area contributed by atoms with Crippen LogP contribution in [-0.4, -0.2) is 96.7 Å². The Kier molecular flexibility index (Phi) is 67.1. The number of carbonyl (C=O) groups excluding carboxylic acids is 4. The van der Waals surface area contributed by atoms with Crippen LogP contribution in [0.4, 0.5) is 0 Å². The van der Waals surface area contributed by atoms with E-state index in [-0.39, 0.29) is 25.7 Å². The van der Waals surface area contributed by atoms with Crippen molar-refractivity contribution >= 4 is 39.5 Å². The highest BCUT2D eigenvalue weighted by Crippen LogP contribution is 2.45. The number of hydrogen-bond acceptors (Lipinski definition) is 15. The van der Waals surface area contributed by atoms with Crippen molar-refractivity contribution in [2.45, 2.75) is 420 Å². The Morgan fingerprint density at radius 3 is 0.701 bits per heavy atom. The van der Waals surface area contributed by atoms with Crippen molar-refractivity contribution in [3.8, 4) is 0 Å². The third-order valence-electron chi connectivity index (χ3n) is 18.1. The van der Waals surface area contributed by atoms with Gasteiger partial charge >= 0.3 is 39.5 Å². The standard InChI is InChI=1S/C78H152O17P2/c1-8-9-10-11-12-13-14-17-25-32-40-47-54-61-77(82)95-74(66-89-76(81)60-53-46-39-34-27-30-37-44-51-58-71(6)7)68-93-97(86,87)91-64-72(79)63-90-96(84,85)92-67-73(65-88-75(80)59-52-45-38-31-24-21-20-23-29-36-43-50-57-70(4)5)94-78(83)62-55-48-41-33-26-19-16-15-18-22-28-35-42-49-56-69(2)3/h69-74,79H,8-68H2,1-7H3,(H,84,85)(H,86,87)/t72-,73-,74-/m1/s1. The zero-order chi connectivity index (χ0) is 71.6. The molecular weight excluding hydrogens is 1270 g/mol. The highest BCUT2D eigenvalue weighted by atomic mass is 31.2. The summed E-state index contributed by atoms with van der Waals surface area (Å²) in [5.74, 6) is 0.208. The average molecular weight is 1420 g/mol. The van der Waals surface area contributed by atoms with Crippen LogP contribution >= 0.6 is 15.6 Å². The number of rotatable bonds is 76. The molecule has 0 aliphatic carbocycles. The molecule has 0 saturated carbocycles. The van der Waals surface area contributed by atoms with Crippen LogP contribution in [0, 0.1) is 17.8 Å². The van der Waals surface area contributed by atoms with Gasteiger partial charge in [-0.05, 0) is 43.4 Å². The van der Waals surface area contributed by atoms with E-state index in [1.807, 2.05) is 0 Å². The van der Waals surface area contributed by atoms with E-state index in [2.05, 4.69) is 48.5 Å². The number of phosphoric ester groups is 2. The quantitative estimate of drug-likeness (QED) is 0.0222. The Morgan fingerprint density at radius 1 is 0.278 bits per heavy atom. The molecule has 0 aromatic rings. The predicted molar refractivity (Wildman–Crippen MR) is 395 cm³/mol. The molecule has 576 valence electrons. The van der Waals surface area contributed by atoms with Crippen molar-refractivity contribution in [3.05, 3.63) is 0 Å². The smallest absolute Gasteiger partial charge is 0.462 e. The second-order valence-corrected chi connectivity index (χ2v) is 32.4. The van der Waals surface area contributed by atoms with Gasteiger partial charge in [0.2, 0.25) is 0 Å². The van der Waals surface area contributed by atoms with Crippen LogP contribution in [0.3, 0.4) is 0 Å². The van der Waals surface area contributed by atoms with Crippen LogP contribution in [-0.2, 0) is 65.4 Å². The number of phosphoric acid groups is 2.